The van der Waals surface area contributed by atoms with E-state index in [0.29, 0.717) is 17.5 Å². The Balaban J connectivity index is 1.08. The minimum Gasteiger partial charge on any atom is -0.456 e. The van der Waals surface area contributed by atoms with E-state index < -0.39 is 0 Å². The topological polar surface area (TPSA) is 65.0 Å². The predicted molar refractivity (Wildman–Crippen MR) is 214 cm³/mol. The average molecular weight is 682 g/mol. The fraction of sp³-hybridized carbons (Fsp3) is 0.0625. The van der Waals surface area contributed by atoms with Gasteiger partial charge in [-0.2, -0.15) is 0 Å². The molecular formula is C48H31N3O2. The second kappa shape index (κ2) is 11.1. The zero-order valence-electron chi connectivity index (χ0n) is 29.1. The zero-order valence-corrected chi connectivity index (χ0v) is 29.1. The van der Waals surface area contributed by atoms with Crippen LogP contribution >= 0.6 is 0 Å². The first-order valence-corrected chi connectivity index (χ1v) is 17.9. The summed E-state index contributed by atoms with van der Waals surface area (Å²) in [6.07, 6.45) is 0. The van der Waals surface area contributed by atoms with Gasteiger partial charge in [-0.3, -0.25) is 0 Å². The molecule has 7 aromatic carbocycles. The van der Waals surface area contributed by atoms with Crippen LogP contribution in [-0.2, 0) is 5.41 Å². The molecular weight excluding hydrogens is 651 g/mol. The Labute approximate surface area is 305 Å². The third-order valence-corrected chi connectivity index (χ3v) is 10.9. The summed E-state index contributed by atoms with van der Waals surface area (Å²) in [5.74, 6) is 1.77. The third-order valence-electron chi connectivity index (χ3n) is 10.9. The van der Waals surface area contributed by atoms with E-state index in [-0.39, 0.29) is 5.41 Å². The molecule has 5 heteroatoms. The molecule has 53 heavy (non-hydrogen) atoms. The van der Waals surface area contributed by atoms with Gasteiger partial charge in [-0.15, -0.1) is 0 Å². The number of para-hydroxylation sites is 3. The highest BCUT2D eigenvalue weighted by Crippen LogP contribution is 2.53. The van der Waals surface area contributed by atoms with Gasteiger partial charge in [0.25, 0.3) is 0 Å². The molecule has 5 nitrogen and oxygen atoms in total. The average Bonchev–Trinajstić information content (AvgIpc) is 3.85. The summed E-state index contributed by atoms with van der Waals surface area (Å²) in [5, 5.41) is 4.43. The summed E-state index contributed by atoms with van der Waals surface area (Å²) in [7, 11) is 0. The summed E-state index contributed by atoms with van der Waals surface area (Å²) in [6, 6.07) is 52.5. The van der Waals surface area contributed by atoms with Gasteiger partial charge in [-0.25, -0.2) is 15.0 Å². The van der Waals surface area contributed by atoms with Crippen molar-refractivity contribution in [1.29, 1.82) is 0 Å². The first-order chi connectivity index (χ1) is 26.0. The molecule has 0 bridgehead atoms. The van der Waals surface area contributed by atoms with E-state index in [4.69, 9.17) is 23.8 Å². The van der Waals surface area contributed by atoms with Crippen molar-refractivity contribution < 1.29 is 8.83 Å². The first kappa shape index (κ1) is 29.8. The van der Waals surface area contributed by atoms with Gasteiger partial charge in [-0.05, 0) is 69.8 Å². The summed E-state index contributed by atoms with van der Waals surface area (Å²) >= 11 is 0. The Bertz CT molecular complexity index is 3100. The monoisotopic (exact) mass is 681 g/mol. The van der Waals surface area contributed by atoms with E-state index in [0.717, 1.165) is 66.3 Å². The fourth-order valence-electron chi connectivity index (χ4n) is 8.34. The predicted octanol–water partition coefficient (Wildman–Crippen LogP) is 12.6. The largest absolute Gasteiger partial charge is 0.456 e. The van der Waals surface area contributed by atoms with Crippen molar-refractivity contribution >= 4 is 43.9 Å². The summed E-state index contributed by atoms with van der Waals surface area (Å²) in [4.78, 5) is 15.2. The van der Waals surface area contributed by atoms with Crippen LogP contribution < -0.4 is 0 Å². The Kier molecular flexibility index (Phi) is 6.23. The number of nitrogens with zero attached hydrogens (tertiary/aromatic N) is 3. The molecule has 11 rings (SSSR count). The Morgan fingerprint density at radius 2 is 1.04 bits per heavy atom. The molecule has 0 atom stereocenters. The molecule has 10 aromatic rings. The van der Waals surface area contributed by atoms with Crippen LogP contribution in [0.2, 0.25) is 0 Å². The second-order valence-corrected chi connectivity index (χ2v) is 14.4. The molecule has 0 fully saturated rings. The van der Waals surface area contributed by atoms with Crippen molar-refractivity contribution in [3.05, 3.63) is 163 Å². The van der Waals surface area contributed by atoms with Crippen molar-refractivity contribution in [2.24, 2.45) is 0 Å². The number of furan rings is 2. The van der Waals surface area contributed by atoms with Crippen LogP contribution in [0.15, 0.2) is 160 Å². The standard InChI is InChI=1S/C48H31N3O2/c1-48(2)37-23-22-30(27-36(37)42-38(48)24-25-41-43(42)34-17-7-9-21-40(34)52-41)29-14-10-15-31(26-29)46-49-45(28-12-4-3-5-13-28)50-47(51-46)35-19-11-18-33-32-16-6-8-20-39(32)53-44(33)35/h3-27H,1-2H3. The smallest absolute Gasteiger partial charge is 0.167 e. The minimum atomic E-state index is -0.143. The van der Waals surface area contributed by atoms with Gasteiger partial charge in [-0.1, -0.05) is 129 Å². The molecule has 0 spiro atoms. The lowest BCUT2D eigenvalue weighted by atomic mass is 9.82. The molecule has 0 radical (unpaired) electrons. The van der Waals surface area contributed by atoms with Crippen molar-refractivity contribution in [3.63, 3.8) is 0 Å². The number of rotatable bonds is 4. The molecule has 0 aliphatic heterocycles. The first-order valence-electron chi connectivity index (χ1n) is 17.9. The van der Waals surface area contributed by atoms with Crippen LogP contribution in [0.5, 0.6) is 0 Å². The van der Waals surface area contributed by atoms with Gasteiger partial charge in [0, 0.05) is 38.1 Å². The fourth-order valence-corrected chi connectivity index (χ4v) is 8.34. The van der Waals surface area contributed by atoms with Crippen LogP contribution in [0.1, 0.15) is 25.0 Å². The van der Waals surface area contributed by atoms with Crippen LogP contribution in [-0.4, -0.2) is 15.0 Å². The molecule has 0 saturated heterocycles. The van der Waals surface area contributed by atoms with E-state index in [1.807, 2.05) is 66.7 Å². The Morgan fingerprint density at radius 3 is 1.89 bits per heavy atom. The van der Waals surface area contributed by atoms with Gasteiger partial charge in [0.1, 0.15) is 22.3 Å². The van der Waals surface area contributed by atoms with Crippen LogP contribution in [0.4, 0.5) is 0 Å². The van der Waals surface area contributed by atoms with E-state index >= 15 is 0 Å². The summed E-state index contributed by atoms with van der Waals surface area (Å²) in [5.41, 5.74) is 13.3. The summed E-state index contributed by atoms with van der Waals surface area (Å²) in [6.45, 7) is 4.64. The van der Waals surface area contributed by atoms with Gasteiger partial charge in [0.05, 0.1) is 5.56 Å². The molecule has 0 unspecified atom stereocenters. The molecule has 250 valence electrons. The summed E-state index contributed by atoms with van der Waals surface area (Å²) < 4.78 is 12.8. The number of benzene rings is 7. The maximum atomic E-state index is 6.42. The van der Waals surface area contributed by atoms with Crippen LogP contribution in [0.25, 0.3) is 100 Å². The van der Waals surface area contributed by atoms with Crippen LogP contribution in [0, 0.1) is 0 Å². The molecule has 1 aliphatic rings. The lowest BCUT2D eigenvalue weighted by Crippen LogP contribution is -2.14. The number of hydrogen-bond acceptors (Lipinski definition) is 5. The Hall–Kier alpha value is -6.85. The van der Waals surface area contributed by atoms with Crippen molar-refractivity contribution in [1.82, 2.24) is 15.0 Å². The molecule has 0 amide bonds. The van der Waals surface area contributed by atoms with Crippen molar-refractivity contribution in [2.75, 3.05) is 0 Å². The third kappa shape index (κ3) is 4.47. The van der Waals surface area contributed by atoms with E-state index in [9.17, 15) is 0 Å². The van der Waals surface area contributed by atoms with Crippen molar-refractivity contribution in [2.45, 2.75) is 19.3 Å². The molecule has 3 aromatic heterocycles. The maximum absolute atomic E-state index is 6.42. The number of hydrogen-bond donors (Lipinski definition) is 0. The lowest BCUT2D eigenvalue weighted by Gasteiger charge is -2.21. The highest BCUT2D eigenvalue weighted by atomic mass is 16.3. The van der Waals surface area contributed by atoms with E-state index in [1.165, 1.54) is 27.6 Å². The number of aromatic nitrogens is 3. The normalized spacial score (nSPS) is 13.2. The molecule has 3 heterocycles. The van der Waals surface area contributed by atoms with Gasteiger partial charge in [0.15, 0.2) is 17.5 Å². The van der Waals surface area contributed by atoms with Gasteiger partial charge in [0.2, 0.25) is 0 Å². The highest BCUT2D eigenvalue weighted by molar-refractivity contribution is 6.15. The van der Waals surface area contributed by atoms with E-state index in [2.05, 4.69) is 98.8 Å². The maximum Gasteiger partial charge on any atom is 0.167 e. The zero-order chi connectivity index (χ0) is 35.3. The quantitative estimate of drug-likeness (QED) is 0.185. The molecule has 0 N–H and O–H groups in total. The Morgan fingerprint density at radius 1 is 0.415 bits per heavy atom. The second-order valence-electron chi connectivity index (χ2n) is 14.4. The van der Waals surface area contributed by atoms with Gasteiger partial charge >= 0.3 is 0 Å². The minimum absolute atomic E-state index is 0.143. The molecule has 0 saturated carbocycles. The highest BCUT2D eigenvalue weighted by Gasteiger charge is 2.37. The van der Waals surface area contributed by atoms with E-state index in [1.54, 1.807) is 0 Å². The SMILES string of the molecule is CC1(C)c2ccc(-c3cccc(-c4nc(-c5ccccc5)nc(-c5cccc6c5oc5ccccc56)n4)c3)cc2-c2c1ccc1oc3ccccc3c21. The lowest BCUT2D eigenvalue weighted by molar-refractivity contribution is 0.656. The van der Waals surface area contributed by atoms with Crippen molar-refractivity contribution in [3.8, 4) is 56.4 Å². The van der Waals surface area contributed by atoms with Crippen LogP contribution in [0.3, 0.4) is 0 Å². The number of fused-ring (bicyclic) bond motifs is 10. The molecule has 1 aliphatic carbocycles. The van der Waals surface area contributed by atoms with Gasteiger partial charge < -0.3 is 8.83 Å².